The standard InChI is InChI=1S/C49H35NO/c1-49(2)43-29-25-33-12-6-7-17-39(33)47(43)42-28-24-36(31-44(42)49)35-14-10-13-34(30-35)32-22-26-38(27-23-32)50(37-15-4-3-5-16-37)45-20-11-19-41-40-18-8-9-21-46(40)51-48(41)45/h3-31H,1-2H3. The van der Waals surface area contributed by atoms with Crippen molar-refractivity contribution in [2.75, 3.05) is 4.90 Å². The molecule has 0 saturated heterocycles. The number of hydrogen-bond acceptors (Lipinski definition) is 2. The monoisotopic (exact) mass is 653 g/mol. The van der Waals surface area contributed by atoms with Crippen LogP contribution in [0.4, 0.5) is 17.1 Å². The number of rotatable bonds is 5. The Kier molecular flexibility index (Phi) is 6.56. The summed E-state index contributed by atoms with van der Waals surface area (Å²) in [6.45, 7) is 4.73. The molecule has 0 fully saturated rings. The van der Waals surface area contributed by atoms with Gasteiger partial charge in [0.05, 0.1) is 5.69 Å². The van der Waals surface area contributed by atoms with Crippen LogP contribution in [0.15, 0.2) is 180 Å². The molecule has 1 heterocycles. The number of furan rings is 1. The van der Waals surface area contributed by atoms with Crippen LogP contribution in [-0.2, 0) is 5.41 Å². The maximum Gasteiger partial charge on any atom is 0.159 e. The van der Waals surface area contributed by atoms with Gasteiger partial charge in [-0.1, -0.05) is 141 Å². The van der Waals surface area contributed by atoms with Crippen LogP contribution in [-0.4, -0.2) is 0 Å². The zero-order valence-corrected chi connectivity index (χ0v) is 28.6. The molecule has 0 bridgehead atoms. The van der Waals surface area contributed by atoms with Gasteiger partial charge in [-0.15, -0.1) is 0 Å². The van der Waals surface area contributed by atoms with Crippen molar-refractivity contribution in [3.8, 4) is 33.4 Å². The molecule has 8 aromatic carbocycles. The molecule has 0 unspecified atom stereocenters. The number of nitrogens with zero attached hydrogens (tertiary/aromatic N) is 1. The zero-order valence-electron chi connectivity index (χ0n) is 28.6. The largest absolute Gasteiger partial charge is 0.454 e. The third-order valence-electron chi connectivity index (χ3n) is 10.9. The second-order valence-electron chi connectivity index (χ2n) is 14.1. The van der Waals surface area contributed by atoms with Gasteiger partial charge in [0, 0.05) is 27.6 Å². The molecule has 0 atom stereocenters. The van der Waals surface area contributed by atoms with Crippen molar-refractivity contribution in [3.63, 3.8) is 0 Å². The van der Waals surface area contributed by atoms with E-state index < -0.39 is 0 Å². The molecular formula is C49H35NO. The quantitative estimate of drug-likeness (QED) is 0.184. The van der Waals surface area contributed by atoms with E-state index in [2.05, 4.69) is 183 Å². The van der Waals surface area contributed by atoms with Crippen molar-refractivity contribution >= 4 is 49.8 Å². The Balaban J connectivity index is 1.02. The van der Waals surface area contributed by atoms with Gasteiger partial charge in [-0.2, -0.15) is 0 Å². The molecule has 1 aromatic heterocycles. The Hall–Kier alpha value is -6.38. The van der Waals surface area contributed by atoms with E-state index in [-0.39, 0.29) is 5.41 Å². The zero-order chi connectivity index (χ0) is 34.1. The van der Waals surface area contributed by atoms with Crippen LogP contribution in [0.25, 0.3) is 66.1 Å². The van der Waals surface area contributed by atoms with Gasteiger partial charge in [0.1, 0.15) is 5.58 Å². The average molecular weight is 654 g/mol. The van der Waals surface area contributed by atoms with Gasteiger partial charge in [0.2, 0.25) is 0 Å². The lowest BCUT2D eigenvalue weighted by atomic mass is 9.81. The Morgan fingerprint density at radius 1 is 0.451 bits per heavy atom. The fourth-order valence-electron chi connectivity index (χ4n) is 8.28. The van der Waals surface area contributed by atoms with E-state index in [1.807, 2.05) is 12.1 Å². The summed E-state index contributed by atoms with van der Waals surface area (Å²) in [7, 11) is 0. The predicted octanol–water partition coefficient (Wildman–Crippen LogP) is 13.8. The second-order valence-corrected chi connectivity index (χ2v) is 14.1. The highest BCUT2D eigenvalue weighted by Gasteiger charge is 2.36. The van der Waals surface area contributed by atoms with Gasteiger partial charge in [-0.3, -0.25) is 0 Å². The van der Waals surface area contributed by atoms with Gasteiger partial charge in [0.15, 0.2) is 5.58 Å². The second kappa shape index (κ2) is 11.3. The molecule has 51 heavy (non-hydrogen) atoms. The first-order valence-electron chi connectivity index (χ1n) is 17.7. The van der Waals surface area contributed by atoms with Gasteiger partial charge < -0.3 is 9.32 Å². The van der Waals surface area contributed by atoms with E-state index in [1.165, 1.54) is 55.3 Å². The molecule has 0 N–H and O–H groups in total. The molecule has 2 heteroatoms. The van der Waals surface area contributed by atoms with Crippen LogP contribution in [0.3, 0.4) is 0 Å². The summed E-state index contributed by atoms with van der Waals surface area (Å²) in [5.74, 6) is 0. The molecule has 10 rings (SSSR count). The molecule has 242 valence electrons. The Labute approximate surface area is 297 Å². The van der Waals surface area contributed by atoms with Crippen LogP contribution < -0.4 is 4.90 Å². The number of benzene rings is 8. The van der Waals surface area contributed by atoms with E-state index in [4.69, 9.17) is 4.42 Å². The highest BCUT2D eigenvalue weighted by atomic mass is 16.3. The Morgan fingerprint density at radius 2 is 1.10 bits per heavy atom. The fraction of sp³-hybridized carbons (Fsp3) is 0.0612. The SMILES string of the molecule is CC1(C)c2cc(-c3cccc(-c4ccc(N(c5ccccc5)c5cccc6c5oc5ccccc56)cc4)c3)ccc2-c2c1ccc1ccccc21. The predicted molar refractivity (Wildman–Crippen MR) is 214 cm³/mol. The maximum atomic E-state index is 6.49. The maximum absolute atomic E-state index is 6.49. The third-order valence-corrected chi connectivity index (χ3v) is 10.9. The van der Waals surface area contributed by atoms with Crippen molar-refractivity contribution in [1.82, 2.24) is 0 Å². The average Bonchev–Trinajstić information content (AvgIpc) is 3.68. The van der Waals surface area contributed by atoms with E-state index in [1.54, 1.807) is 0 Å². The highest BCUT2D eigenvalue weighted by molar-refractivity contribution is 6.10. The topological polar surface area (TPSA) is 16.4 Å². The lowest BCUT2D eigenvalue weighted by Gasteiger charge is -2.25. The normalized spacial score (nSPS) is 13.1. The summed E-state index contributed by atoms with van der Waals surface area (Å²) in [6, 6.07) is 63.5. The number of para-hydroxylation sites is 3. The lowest BCUT2D eigenvalue weighted by molar-refractivity contribution is 0.661. The molecule has 0 amide bonds. The minimum absolute atomic E-state index is 0.0739. The molecule has 0 spiro atoms. The summed E-state index contributed by atoms with van der Waals surface area (Å²) in [6.07, 6.45) is 0. The van der Waals surface area contributed by atoms with Crippen LogP contribution in [0.5, 0.6) is 0 Å². The van der Waals surface area contributed by atoms with Crippen LogP contribution >= 0.6 is 0 Å². The van der Waals surface area contributed by atoms with Crippen LogP contribution in [0.2, 0.25) is 0 Å². The molecule has 1 aliphatic rings. The van der Waals surface area contributed by atoms with E-state index in [9.17, 15) is 0 Å². The summed E-state index contributed by atoms with van der Waals surface area (Å²) in [5, 5.41) is 4.87. The van der Waals surface area contributed by atoms with E-state index >= 15 is 0 Å². The lowest BCUT2D eigenvalue weighted by Crippen LogP contribution is -2.15. The molecule has 1 aliphatic carbocycles. The van der Waals surface area contributed by atoms with Crippen molar-refractivity contribution < 1.29 is 4.42 Å². The molecule has 0 saturated carbocycles. The van der Waals surface area contributed by atoms with E-state index in [0.29, 0.717) is 0 Å². The van der Waals surface area contributed by atoms with Gasteiger partial charge in [0.25, 0.3) is 0 Å². The molecule has 2 nitrogen and oxygen atoms in total. The summed E-state index contributed by atoms with van der Waals surface area (Å²) < 4.78 is 6.49. The van der Waals surface area contributed by atoms with Gasteiger partial charge in [-0.25, -0.2) is 0 Å². The molecule has 0 aliphatic heterocycles. The van der Waals surface area contributed by atoms with Crippen LogP contribution in [0.1, 0.15) is 25.0 Å². The highest BCUT2D eigenvalue weighted by Crippen LogP contribution is 2.52. The van der Waals surface area contributed by atoms with Crippen molar-refractivity contribution in [2.45, 2.75) is 19.3 Å². The molecule has 0 radical (unpaired) electrons. The Bertz CT molecular complexity index is 2770. The fourth-order valence-corrected chi connectivity index (χ4v) is 8.28. The molecule has 9 aromatic rings. The Morgan fingerprint density at radius 3 is 1.94 bits per heavy atom. The first kappa shape index (κ1) is 29.5. The van der Waals surface area contributed by atoms with Crippen molar-refractivity contribution in [1.29, 1.82) is 0 Å². The minimum atomic E-state index is -0.0739. The number of hydrogen-bond donors (Lipinski definition) is 0. The molecular weight excluding hydrogens is 619 g/mol. The minimum Gasteiger partial charge on any atom is -0.454 e. The van der Waals surface area contributed by atoms with Crippen molar-refractivity contribution in [3.05, 3.63) is 187 Å². The summed E-state index contributed by atoms with van der Waals surface area (Å²) in [4.78, 5) is 2.29. The van der Waals surface area contributed by atoms with Gasteiger partial charge in [-0.05, 0) is 104 Å². The van der Waals surface area contributed by atoms with Gasteiger partial charge >= 0.3 is 0 Å². The van der Waals surface area contributed by atoms with E-state index in [0.717, 1.165) is 39.0 Å². The summed E-state index contributed by atoms with van der Waals surface area (Å²) in [5.41, 5.74) is 15.2. The third kappa shape index (κ3) is 4.64. The number of fused-ring (bicyclic) bond motifs is 8. The first-order chi connectivity index (χ1) is 25.0. The number of anilines is 3. The van der Waals surface area contributed by atoms with Crippen LogP contribution in [0, 0.1) is 0 Å². The van der Waals surface area contributed by atoms with Crippen molar-refractivity contribution in [2.24, 2.45) is 0 Å². The first-order valence-corrected chi connectivity index (χ1v) is 17.7. The summed E-state index contributed by atoms with van der Waals surface area (Å²) >= 11 is 0. The smallest absolute Gasteiger partial charge is 0.159 e.